The first kappa shape index (κ1) is 19.4. The maximum Gasteiger partial charge on any atom is 0.341 e. The second kappa shape index (κ2) is 8.62. The number of hydrogen-bond donors (Lipinski definition) is 1. The fraction of sp³-hybridized carbons (Fsp3) is 0.455. The molecule has 2 aromatic rings. The molecule has 28 heavy (non-hydrogen) atoms. The van der Waals surface area contributed by atoms with Gasteiger partial charge in [0.2, 0.25) is 0 Å². The van der Waals surface area contributed by atoms with Crippen molar-refractivity contribution in [3.8, 4) is 0 Å². The predicted molar refractivity (Wildman–Crippen MR) is 118 cm³/mol. The molecule has 1 aromatic heterocycles. The van der Waals surface area contributed by atoms with Gasteiger partial charge in [-0.25, -0.2) is 4.79 Å². The average molecular weight is 415 g/mol. The van der Waals surface area contributed by atoms with Crippen molar-refractivity contribution in [2.75, 3.05) is 25.5 Å². The zero-order chi connectivity index (χ0) is 19.5. The van der Waals surface area contributed by atoms with Gasteiger partial charge in [-0.3, -0.25) is 0 Å². The van der Waals surface area contributed by atoms with E-state index < -0.39 is 0 Å². The van der Waals surface area contributed by atoms with Crippen molar-refractivity contribution in [1.82, 2.24) is 4.90 Å². The highest BCUT2D eigenvalue weighted by atomic mass is 32.1. The monoisotopic (exact) mass is 414 g/mol. The number of carbonyl (C=O) groups is 1. The Morgan fingerprint density at radius 1 is 1.25 bits per heavy atom. The third-order valence-corrected chi connectivity index (χ3v) is 7.37. The van der Waals surface area contributed by atoms with Gasteiger partial charge in [-0.05, 0) is 67.8 Å². The van der Waals surface area contributed by atoms with Gasteiger partial charge in [0.15, 0.2) is 5.11 Å². The summed E-state index contributed by atoms with van der Waals surface area (Å²) >= 11 is 7.34. The number of rotatable bonds is 4. The maximum absolute atomic E-state index is 12.3. The summed E-state index contributed by atoms with van der Waals surface area (Å²) in [6.45, 7) is 1.92. The van der Waals surface area contributed by atoms with Crippen LogP contribution >= 0.6 is 23.6 Å². The van der Waals surface area contributed by atoms with Crippen LogP contribution in [0.5, 0.6) is 0 Å². The Hall–Kier alpha value is -1.92. The molecule has 1 saturated heterocycles. The molecule has 1 aliphatic heterocycles. The summed E-state index contributed by atoms with van der Waals surface area (Å²) < 4.78 is 5.03. The smallest absolute Gasteiger partial charge is 0.341 e. The number of aryl methyl sites for hydroxylation is 1. The summed E-state index contributed by atoms with van der Waals surface area (Å²) in [4.78, 5) is 15.9. The molecule has 0 atom stereocenters. The number of fused-ring (bicyclic) bond motifs is 1. The van der Waals surface area contributed by atoms with Crippen LogP contribution in [0, 0.1) is 5.92 Å². The van der Waals surface area contributed by atoms with Crippen LogP contribution in [-0.2, 0) is 24.0 Å². The Bertz CT molecular complexity index is 855. The minimum absolute atomic E-state index is 0.258. The van der Waals surface area contributed by atoms with Crippen LogP contribution < -0.4 is 5.32 Å². The molecule has 0 amide bonds. The Morgan fingerprint density at radius 3 is 2.71 bits per heavy atom. The van der Waals surface area contributed by atoms with E-state index in [1.165, 1.54) is 17.6 Å². The molecule has 148 valence electrons. The minimum Gasteiger partial charge on any atom is -0.465 e. The second-order valence-electron chi connectivity index (χ2n) is 7.60. The molecule has 0 bridgehead atoms. The Kier molecular flexibility index (Phi) is 5.97. The summed E-state index contributed by atoms with van der Waals surface area (Å²) in [5.41, 5.74) is 3.27. The topological polar surface area (TPSA) is 41.6 Å². The highest BCUT2D eigenvalue weighted by Crippen LogP contribution is 2.39. The number of carbonyl (C=O) groups excluding carboxylic acids is 1. The summed E-state index contributed by atoms with van der Waals surface area (Å²) in [5.74, 6) is 0.448. The molecule has 0 unspecified atom stereocenters. The fourth-order valence-corrected chi connectivity index (χ4v) is 5.90. The van der Waals surface area contributed by atoms with Crippen LogP contribution in [0.4, 0.5) is 5.00 Å². The van der Waals surface area contributed by atoms with E-state index in [1.54, 1.807) is 11.3 Å². The van der Waals surface area contributed by atoms with Crippen LogP contribution in [0.25, 0.3) is 0 Å². The lowest BCUT2D eigenvalue weighted by Crippen LogP contribution is -2.41. The molecular formula is C22H26N2O2S2. The third kappa shape index (κ3) is 4.08. The van der Waals surface area contributed by atoms with Gasteiger partial charge in [-0.2, -0.15) is 0 Å². The number of thiophene rings is 1. The SMILES string of the molecule is COC(=O)c1c(NC(=S)N2CCC(Cc3ccccc3)CC2)sc2c1CCC2. The van der Waals surface area contributed by atoms with Crippen molar-refractivity contribution in [2.45, 2.75) is 38.5 Å². The molecule has 4 rings (SSSR count). The molecule has 1 aromatic carbocycles. The Labute approximate surface area is 175 Å². The number of methoxy groups -OCH3 is 1. The van der Waals surface area contributed by atoms with Crippen molar-refractivity contribution in [3.63, 3.8) is 0 Å². The van der Waals surface area contributed by atoms with Crippen molar-refractivity contribution in [3.05, 3.63) is 51.9 Å². The normalized spacial score (nSPS) is 16.7. The average Bonchev–Trinajstić information content (AvgIpc) is 3.29. The number of nitrogens with one attached hydrogen (secondary N) is 1. The van der Waals surface area contributed by atoms with E-state index in [0.29, 0.717) is 11.5 Å². The van der Waals surface area contributed by atoms with E-state index in [9.17, 15) is 4.79 Å². The summed E-state index contributed by atoms with van der Waals surface area (Å²) in [6.07, 6.45) is 6.53. The van der Waals surface area contributed by atoms with Crippen LogP contribution in [0.15, 0.2) is 30.3 Å². The lowest BCUT2D eigenvalue weighted by atomic mass is 9.90. The first-order valence-electron chi connectivity index (χ1n) is 9.98. The number of esters is 1. The van der Waals surface area contributed by atoms with E-state index >= 15 is 0 Å². The molecule has 0 spiro atoms. The van der Waals surface area contributed by atoms with E-state index in [1.807, 2.05) is 0 Å². The number of nitrogens with zero attached hydrogens (tertiary/aromatic N) is 1. The van der Waals surface area contributed by atoms with Crippen LogP contribution in [0.2, 0.25) is 0 Å². The molecule has 1 fully saturated rings. The quantitative estimate of drug-likeness (QED) is 0.581. The Balaban J connectivity index is 1.37. The van der Waals surface area contributed by atoms with Crippen LogP contribution in [-0.4, -0.2) is 36.2 Å². The van der Waals surface area contributed by atoms with Gasteiger partial charge < -0.3 is 15.0 Å². The number of likely N-dealkylation sites (tertiary alicyclic amines) is 1. The lowest BCUT2D eigenvalue weighted by molar-refractivity contribution is 0.0601. The summed E-state index contributed by atoms with van der Waals surface area (Å²) in [5, 5.41) is 4.94. The Morgan fingerprint density at radius 2 is 2.00 bits per heavy atom. The van der Waals surface area contributed by atoms with Gasteiger partial charge in [0.1, 0.15) is 5.00 Å². The lowest BCUT2D eigenvalue weighted by Gasteiger charge is -2.34. The van der Waals surface area contributed by atoms with Gasteiger partial charge in [-0.15, -0.1) is 11.3 Å². The molecule has 2 heterocycles. The fourth-order valence-electron chi connectivity index (χ4n) is 4.27. The van der Waals surface area contributed by atoms with E-state index in [-0.39, 0.29) is 5.97 Å². The third-order valence-electron chi connectivity index (χ3n) is 5.80. The molecular weight excluding hydrogens is 388 g/mol. The maximum atomic E-state index is 12.3. The van der Waals surface area contributed by atoms with Crippen molar-refractivity contribution < 1.29 is 9.53 Å². The highest BCUT2D eigenvalue weighted by molar-refractivity contribution is 7.80. The summed E-state index contributed by atoms with van der Waals surface area (Å²) in [6, 6.07) is 10.7. The van der Waals surface area contributed by atoms with E-state index in [0.717, 1.165) is 67.3 Å². The molecule has 1 aliphatic carbocycles. The number of hydrogen-bond acceptors (Lipinski definition) is 4. The molecule has 0 radical (unpaired) electrons. The minimum atomic E-state index is -0.258. The van der Waals surface area contributed by atoms with Crippen molar-refractivity contribution in [1.29, 1.82) is 0 Å². The van der Waals surface area contributed by atoms with Crippen molar-refractivity contribution >= 4 is 39.6 Å². The molecule has 2 aliphatic rings. The number of anilines is 1. The van der Waals surface area contributed by atoms with Crippen LogP contribution in [0.1, 0.15) is 45.6 Å². The molecule has 4 nitrogen and oxygen atoms in total. The number of ether oxygens (including phenoxy) is 1. The van der Waals surface area contributed by atoms with Gasteiger partial charge in [-0.1, -0.05) is 30.3 Å². The second-order valence-corrected chi connectivity index (χ2v) is 9.10. The molecule has 6 heteroatoms. The predicted octanol–water partition coefficient (Wildman–Crippen LogP) is 4.67. The number of thiocarbonyl (C=S) groups is 1. The van der Waals surface area contributed by atoms with Gasteiger partial charge in [0.05, 0.1) is 12.7 Å². The van der Waals surface area contributed by atoms with E-state index in [4.69, 9.17) is 17.0 Å². The first-order valence-corrected chi connectivity index (χ1v) is 11.2. The number of benzene rings is 1. The highest BCUT2D eigenvalue weighted by Gasteiger charge is 2.29. The van der Waals surface area contributed by atoms with Gasteiger partial charge >= 0.3 is 5.97 Å². The van der Waals surface area contributed by atoms with Gasteiger partial charge in [0.25, 0.3) is 0 Å². The largest absolute Gasteiger partial charge is 0.465 e. The van der Waals surface area contributed by atoms with Gasteiger partial charge in [0, 0.05) is 18.0 Å². The first-order chi connectivity index (χ1) is 13.7. The van der Waals surface area contributed by atoms with E-state index in [2.05, 4.69) is 40.5 Å². The standard InChI is InChI=1S/C22H26N2O2S2/c1-26-21(25)19-17-8-5-9-18(17)28-20(19)23-22(27)24-12-10-16(11-13-24)14-15-6-3-2-4-7-15/h2-4,6-7,16H,5,8-14H2,1H3,(H,23,27). The summed E-state index contributed by atoms with van der Waals surface area (Å²) in [7, 11) is 1.45. The molecule has 0 saturated carbocycles. The van der Waals surface area contributed by atoms with Crippen LogP contribution in [0.3, 0.4) is 0 Å². The number of piperidine rings is 1. The zero-order valence-corrected chi connectivity index (χ0v) is 17.8. The zero-order valence-electron chi connectivity index (χ0n) is 16.2. The van der Waals surface area contributed by atoms with Crippen molar-refractivity contribution in [2.24, 2.45) is 5.92 Å². The molecule has 1 N–H and O–H groups in total.